The van der Waals surface area contributed by atoms with Crippen LogP contribution in [-0.4, -0.2) is 23.6 Å². The largest absolute Gasteiger partial charge is 0.491 e. The summed E-state index contributed by atoms with van der Waals surface area (Å²) in [6, 6.07) is 12.4. The highest BCUT2D eigenvalue weighted by Crippen LogP contribution is 2.26. The molecular formula is C20H23NO4. The van der Waals surface area contributed by atoms with Crippen LogP contribution in [0.25, 0.3) is 0 Å². The first-order valence-electron chi connectivity index (χ1n) is 8.35. The first-order chi connectivity index (χ1) is 12.0. The number of benzene rings is 2. The van der Waals surface area contributed by atoms with Crippen molar-refractivity contribution in [1.29, 1.82) is 0 Å². The summed E-state index contributed by atoms with van der Waals surface area (Å²) in [6.45, 7) is 4.57. The van der Waals surface area contributed by atoms with Gasteiger partial charge in [-0.3, -0.25) is 4.79 Å². The van der Waals surface area contributed by atoms with Gasteiger partial charge in [-0.2, -0.15) is 0 Å². The summed E-state index contributed by atoms with van der Waals surface area (Å²) in [5.74, 6) is -0.503. The average Bonchev–Trinajstić information content (AvgIpc) is 2.60. The smallest absolute Gasteiger partial charge is 0.335 e. The summed E-state index contributed by atoms with van der Waals surface area (Å²) in [7, 11) is 0. The van der Waals surface area contributed by atoms with Crippen LogP contribution in [0.1, 0.15) is 41.3 Å². The van der Waals surface area contributed by atoms with Crippen molar-refractivity contribution in [3.63, 3.8) is 0 Å². The summed E-state index contributed by atoms with van der Waals surface area (Å²) in [5, 5.41) is 12.0. The number of carbonyl (C=O) groups is 2. The molecule has 0 fully saturated rings. The molecular weight excluding hydrogens is 318 g/mol. The molecule has 0 radical (unpaired) electrons. The molecule has 0 saturated heterocycles. The number of hydrogen-bond donors (Lipinski definition) is 2. The van der Waals surface area contributed by atoms with E-state index in [1.807, 2.05) is 32.0 Å². The molecule has 2 aromatic carbocycles. The van der Waals surface area contributed by atoms with Crippen molar-refractivity contribution in [2.45, 2.75) is 33.1 Å². The predicted molar refractivity (Wildman–Crippen MR) is 97.3 cm³/mol. The highest BCUT2D eigenvalue weighted by Gasteiger charge is 2.12. The molecule has 5 heteroatoms. The van der Waals surface area contributed by atoms with Gasteiger partial charge in [0.1, 0.15) is 5.75 Å². The Balaban J connectivity index is 2.02. The average molecular weight is 341 g/mol. The monoisotopic (exact) mass is 341 g/mol. The molecule has 0 unspecified atom stereocenters. The minimum atomic E-state index is -0.982. The minimum absolute atomic E-state index is 0.176. The molecule has 0 saturated carbocycles. The molecule has 0 aliphatic carbocycles. The Hall–Kier alpha value is -2.82. The van der Waals surface area contributed by atoms with E-state index < -0.39 is 5.97 Å². The Morgan fingerprint density at radius 3 is 2.64 bits per heavy atom. The van der Waals surface area contributed by atoms with Crippen molar-refractivity contribution in [2.24, 2.45) is 0 Å². The van der Waals surface area contributed by atoms with Crippen LogP contribution in [0, 0.1) is 6.92 Å². The van der Waals surface area contributed by atoms with Gasteiger partial charge in [0.05, 0.1) is 17.9 Å². The lowest BCUT2D eigenvalue weighted by atomic mass is 10.0. The molecule has 0 atom stereocenters. The number of aromatic carboxylic acids is 1. The van der Waals surface area contributed by atoms with Crippen molar-refractivity contribution in [2.75, 3.05) is 11.9 Å². The number of ether oxygens (including phenoxy) is 1. The second kappa shape index (κ2) is 8.87. The van der Waals surface area contributed by atoms with E-state index in [1.165, 1.54) is 0 Å². The third kappa shape index (κ3) is 5.35. The normalized spacial score (nSPS) is 10.3. The first kappa shape index (κ1) is 18.5. The molecule has 0 bridgehead atoms. The highest BCUT2D eigenvalue weighted by atomic mass is 16.5. The fraction of sp³-hybridized carbons (Fsp3) is 0.300. The van der Waals surface area contributed by atoms with E-state index in [0.717, 1.165) is 12.0 Å². The predicted octanol–water partition coefficient (Wildman–Crippen LogP) is 4.05. The number of hydrogen-bond acceptors (Lipinski definition) is 3. The lowest BCUT2D eigenvalue weighted by Crippen LogP contribution is -2.14. The van der Waals surface area contributed by atoms with Gasteiger partial charge in [-0.1, -0.05) is 31.2 Å². The first-order valence-corrected chi connectivity index (χ1v) is 8.35. The van der Waals surface area contributed by atoms with Crippen LogP contribution in [0.15, 0.2) is 42.5 Å². The van der Waals surface area contributed by atoms with Gasteiger partial charge >= 0.3 is 5.97 Å². The minimum Gasteiger partial charge on any atom is -0.491 e. The van der Waals surface area contributed by atoms with Gasteiger partial charge in [-0.05, 0) is 49.1 Å². The van der Waals surface area contributed by atoms with Crippen LogP contribution in [-0.2, 0) is 11.2 Å². The molecule has 0 aliphatic rings. The summed E-state index contributed by atoms with van der Waals surface area (Å²) in [6.07, 6.45) is 1.45. The van der Waals surface area contributed by atoms with E-state index in [0.29, 0.717) is 30.0 Å². The molecule has 0 heterocycles. The van der Waals surface area contributed by atoms with Crippen LogP contribution in [0.4, 0.5) is 5.69 Å². The van der Waals surface area contributed by atoms with E-state index in [1.54, 1.807) is 24.3 Å². The standard InChI is InChI=1S/C20H23NO4/c1-3-12-25-18-13-14(2)8-10-17(18)21-19(22)11-9-15-6-4-5-7-16(15)20(23)24/h4-8,10,13H,3,9,11-12H2,1-2H3,(H,21,22)(H,23,24). The number of anilines is 1. The number of nitrogens with one attached hydrogen (secondary N) is 1. The molecule has 25 heavy (non-hydrogen) atoms. The molecule has 2 N–H and O–H groups in total. The number of rotatable bonds is 8. The third-order valence-electron chi connectivity index (χ3n) is 3.74. The van der Waals surface area contributed by atoms with Crippen LogP contribution in [0.2, 0.25) is 0 Å². The summed E-state index contributed by atoms with van der Waals surface area (Å²) < 4.78 is 5.69. The van der Waals surface area contributed by atoms with Crippen molar-refractivity contribution >= 4 is 17.6 Å². The van der Waals surface area contributed by atoms with Gasteiger partial charge in [0, 0.05) is 6.42 Å². The van der Waals surface area contributed by atoms with Crippen molar-refractivity contribution in [1.82, 2.24) is 0 Å². The van der Waals surface area contributed by atoms with E-state index >= 15 is 0 Å². The number of amides is 1. The molecule has 132 valence electrons. The maximum Gasteiger partial charge on any atom is 0.335 e. The van der Waals surface area contributed by atoms with E-state index in [9.17, 15) is 14.7 Å². The van der Waals surface area contributed by atoms with Crippen molar-refractivity contribution < 1.29 is 19.4 Å². The number of carboxylic acids is 1. The maximum atomic E-state index is 12.3. The summed E-state index contributed by atoms with van der Waals surface area (Å²) in [5.41, 5.74) is 2.57. The Morgan fingerprint density at radius 1 is 1.16 bits per heavy atom. The Labute approximate surface area is 147 Å². The van der Waals surface area contributed by atoms with Crippen LogP contribution < -0.4 is 10.1 Å². The zero-order chi connectivity index (χ0) is 18.2. The third-order valence-corrected chi connectivity index (χ3v) is 3.74. The lowest BCUT2D eigenvalue weighted by Gasteiger charge is -2.13. The van der Waals surface area contributed by atoms with E-state index in [-0.39, 0.29) is 17.9 Å². The summed E-state index contributed by atoms with van der Waals surface area (Å²) in [4.78, 5) is 23.5. The van der Waals surface area contributed by atoms with Crippen molar-refractivity contribution in [3.05, 3.63) is 59.2 Å². The molecule has 2 aromatic rings. The Kier molecular flexibility index (Phi) is 6.57. The van der Waals surface area contributed by atoms with Gasteiger partial charge in [-0.15, -0.1) is 0 Å². The van der Waals surface area contributed by atoms with E-state index in [4.69, 9.17) is 4.74 Å². The highest BCUT2D eigenvalue weighted by molar-refractivity contribution is 5.93. The Bertz CT molecular complexity index is 755. The molecule has 0 aromatic heterocycles. The maximum absolute atomic E-state index is 12.3. The molecule has 0 spiro atoms. The van der Waals surface area contributed by atoms with E-state index in [2.05, 4.69) is 5.32 Å². The van der Waals surface area contributed by atoms with Gasteiger partial charge < -0.3 is 15.2 Å². The fourth-order valence-electron chi connectivity index (χ4n) is 2.47. The van der Waals surface area contributed by atoms with Gasteiger partial charge in [0.2, 0.25) is 5.91 Å². The van der Waals surface area contributed by atoms with Gasteiger partial charge in [-0.25, -0.2) is 4.79 Å². The number of aryl methyl sites for hydroxylation is 2. The lowest BCUT2D eigenvalue weighted by molar-refractivity contribution is -0.116. The SMILES string of the molecule is CCCOc1cc(C)ccc1NC(=O)CCc1ccccc1C(=O)O. The molecule has 5 nitrogen and oxygen atoms in total. The molecule has 0 aliphatic heterocycles. The van der Waals surface area contributed by atoms with Crippen LogP contribution in [0.5, 0.6) is 5.75 Å². The quantitative estimate of drug-likeness (QED) is 0.759. The van der Waals surface area contributed by atoms with Crippen LogP contribution in [0.3, 0.4) is 0 Å². The second-order valence-electron chi connectivity index (χ2n) is 5.86. The summed E-state index contributed by atoms with van der Waals surface area (Å²) >= 11 is 0. The zero-order valence-corrected chi connectivity index (χ0v) is 14.5. The van der Waals surface area contributed by atoms with Gasteiger partial charge in [0.15, 0.2) is 0 Å². The molecule has 1 amide bonds. The van der Waals surface area contributed by atoms with Crippen LogP contribution >= 0.6 is 0 Å². The second-order valence-corrected chi connectivity index (χ2v) is 5.86. The Morgan fingerprint density at radius 2 is 1.92 bits per heavy atom. The van der Waals surface area contributed by atoms with Gasteiger partial charge in [0.25, 0.3) is 0 Å². The number of carbonyl (C=O) groups excluding carboxylic acids is 1. The van der Waals surface area contributed by atoms with Crippen molar-refractivity contribution in [3.8, 4) is 5.75 Å². The number of carboxylic acid groups (broad SMARTS) is 1. The molecule has 2 rings (SSSR count). The fourth-order valence-corrected chi connectivity index (χ4v) is 2.47. The topological polar surface area (TPSA) is 75.6 Å². The zero-order valence-electron chi connectivity index (χ0n) is 14.5.